The van der Waals surface area contributed by atoms with Gasteiger partial charge in [-0.2, -0.15) is 17.1 Å². The first kappa shape index (κ1) is 26.9. The number of nitrogens with two attached hydrogens (primary N) is 1. The first-order valence-electron chi connectivity index (χ1n) is 11.1. The molecule has 3 aromatic heterocycles. The van der Waals surface area contributed by atoms with Crippen molar-refractivity contribution in [3.63, 3.8) is 0 Å². The predicted molar refractivity (Wildman–Crippen MR) is 146 cm³/mol. The summed E-state index contributed by atoms with van der Waals surface area (Å²) in [6.07, 6.45) is 4.74. The van der Waals surface area contributed by atoms with Crippen molar-refractivity contribution < 1.29 is 13.2 Å². The molecule has 0 bridgehead atoms. The Kier molecular flexibility index (Phi) is 8.71. The number of piperidine rings is 1. The van der Waals surface area contributed by atoms with Crippen LogP contribution in [0.25, 0.3) is 0 Å². The van der Waals surface area contributed by atoms with Crippen molar-refractivity contribution in [1.29, 1.82) is 0 Å². The molecule has 1 fully saturated rings. The molecule has 10 nitrogen and oxygen atoms in total. The summed E-state index contributed by atoms with van der Waals surface area (Å²) < 4.78 is 35.1. The average molecular weight is 558 g/mol. The van der Waals surface area contributed by atoms with Gasteiger partial charge in [0.1, 0.15) is 16.6 Å². The number of pyridine rings is 2. The van der Waals surface area contributed by atoms with Gasteiger partial charge in [-0.05, 0) is 37.1 Å². The minimum atomic E-state index is -3.67. The van der Waals surface area contributed by atoms with E-state index in [0.29, 0.717) is 54.2 Å². The molecule has 0 atom stereocenters. The van der Waals surface area contributed by atoms with Gasteiger partial charge < -0.3 is 10.1 Å². The molecule has 4 aromatic rings. The van der Waals surface area contributed by atoms with E-state index in [1.165, 1.54) is 27.6 Å². The van der Waals surface area contributed by atoms with E-state index in [4.69, 9.17) is 9.88 Å². The summed E-state index contributed by atoms with van der Waals surface area (Å²) in [5, 5.41) is 9.91. The highest BCUT2D eigenvalue weighted by Crippen LogP contribution is 2.36. The first-order chi connectivity index (χ1) is 17.4. The van der Waals surface area contributed by atoms with E-state index < -0.39 is 10.2 Å². The zero-order valence-electron chi connectivity index (χ0n) is 19.0. The smallest absolute Gasteiger partial charge is 0.276 e. The molecule has 1 saturated heterocycles. The van der Waals surface area contributed by atoms with Crippen molar-refractivity contribution in [2.24, 2.45) is 5.14 Å². The van der Waals surface area contributed by atoms with Crippen molar-refractivity contribution >= 4 is 44.5 Å². The van der Waals surface area contributed by atoms with Crippen LogP contribution in [-0.4, -0.2) is 45.1 Å². The molecule has 0 radical (unpaired) electrons. The molecule has 1 aromatic carbocycles. The van der Waals surface area contributed by atoms with E-state index in [9.17, 15) is 8.42 Å². The Morgan fingerprint density at radius 2 is 1.84 bits per heavy atom. The fourth-order valence-corrected chi connectivity index (χ4v) is 5.86. The summed E-state index contributed by atoms with van der Waals surface area (Å²) in [6, 6.07) is 17.1. The number of nitrogens with zero attached hydrogens (tertiary/aromatic N) is 5. The normalized spacial score (nSPS) is 14.6. The van der Waals surface area contributed by atoms with Gasteiger partial charge in [0.15, 0.2) is 11.6 Å². The van der Waals surface area contributed by atoms with E-state index in [1.54, 1.807) is 12.4 Å². The Morgan fingerprint density at radius 1 is 1.08 bits per heavy atom. The molecule has 0 amide bonds. The number of aromatic nitrogens is 4. The van der Waals surface area contributed by atoms with Crippen LogP contribution >= 0.6 is 23.3 Å². The van der Waals surface area contributed by atoms with Crippen LogP contribution in [0.15, 0.2) is 76.9 Å². The van der Waals surface area contributed by atoms with Gasteiger partial charge in [-0.1, -0.05) is 43.5 Å². The second-order valence-electron chi connectivity index (χ2n) is 8.00. The molecule has 13 heteroatoms. The number of benzene rings is 1. The summed E-state index contributed by atoms with van der Waals surface area (Å²) in [4.78, 5) is 14.5. The zero-order valence-corrected chi connectivity index (χ0v) is 21.5. The Bertz CT molecular complexity index is 1410. The molecule has 0 unspecified atom stereocenters. The van der Waals surface area contributed by atoms with Crippen LogP contribution in [0, 0.1) is 0 Å². The van der Waals surface area contributed by atoms with Crippen molar-refractivity contribution in [3.05, 3.63) is 72.8 Å². The summed E-state index contributed by atoms with van der Waals surface area (Å²) in [5.41, 5.74) is 0. The predicted octanol–water partition coefficient (Wildman–Crippen LogP) is 5.03. The van der Waals surface area contributed by atoms with Gasteiger partial charge in [-0.15, -0.1) is 0 Å². The lowest BCUT2D eigenvalue weighted by molar-refractivity contribution is 0.315. The van der Waals surface area contributed by atoms with Crippen LogP contribution in [0.4, 0.5) is 10.9 Å². The van der Waals surface area contributed by atoms with Crippen molar-refractivity contribution in [2.45, 2.75) is 36.1 Å². The van der Waals surface area contributed by atoms with Crippen LogP contribution in [0.2, 0.25) is 0 Å². The molecule has 1 aliphatic heterocycles. The second kappa shape index (κ2) is 12.0. The first-order valence-corrected chi connectivity index (χ1v) is 14.2. The summed E-state index contributed by atoms with van der Waals surface area (Å²) in [6.45, 7) is 0.717. The number of anilines is 2. The number of rotatable bonds is 8. The molecular weight excluding hydrogens is 531 g/mol. The monoisotopic (exact) mass is 557 g/mol. The highest BCUT2D eigenvalue weighted by molar-refractivity contribution is 7.99. The lowest BCUT2D eigenvalue weighted by Crippen LogP contribution is -2.41. The van der Waals surface area contributed by atoms with Gasteiger partial charge in [-0.3, -0.25) is 0 Å². The highest BCUT2D eigenvalue weighted by Gasteiger charge is 2.28. The lowest BCUT2D eigenvalue weighted by atomic mass is 9.98. The molecule has 4 heterocycles. The maximum absolute atomic E-state index is 11.6. The number of para-hydroxylation sites is 1. The molecule has 1 aliphatic rings. The van der Waals surface area contributed by atoms with Crippen LogP contribution in [0.3, 0.4) is 0 Å². The Labute approximate surface area is 224 Å². The second-order valence-corrected chi connectivity index (χ2v) is 11.4. The Hall–Kier alpha value is -3.10. The van der Waals surface area contributed by atoms with Crippen molar-refractivity contribution in [2.75, 3.05) is 18.4 Å². The Morgan fingerprint density at radius 3 is 2.54 bits per heavy atom. The quantitative estimate of drug-likeness (QED) is 0.305. The highest BCUT2D eigenvalue weighted by atomic mass is 32.2. The SMILES string of the molecule is C.NS(=O)(=O)N1CCC(c2nsc(Nc3ncc(Sc4ccccn4)cc3Oc3ccccc3)n2)CC1. The molecule has 37 heavy (non-hydrogen) atoms. The maximum Gasteiger partial charge on any atom is 0.276 e. The third kappa shape index (κ3) is 7.02. The van der Waals surface area contributed by atoms with Crippen molar-refractivity contribution in [3.8, 4) is 11.5 Å². The van der Waals surface area contributed by atoms with E-state index in [-0.39, 0.29) is 13.3 Å². The summed E-state index contributed by atoms with van der Waals surface area (Å²) in [5.74, 6) is 2.49. The van der Waals surface area contributed by atoms with Crippen LogP contribution in [-0.2, 0) is 10.2 Å². The summed E-state index contributed by atoms with van der Waals surface area (Å²) >= 11 is 2.72. The third-order valence-electron chi connectivity index (χ3n) is 5.50. The molecule has 194 valence electrons. The summed E-state index contributed by atoms with van der Waals surface area (Å²) in [7, 11) is -3.67. The number of ether oxygens (including phenoxy) is 1. The molecule has 0 saturated carbocycles. The van der Waals surface area contributed by atoms with Gasteiger partial charge in [0.05, 0.1) is 0 Å². The average Bonchev–Trinajstić information content (AvgIpc) is 3.35. The topological polar surface area (TPSA) is 136 Å². The molecule has 0 aliphatic carbocycles. The van der Waals surface area contributed by atoms with Gasteiger partial charge in [0, 0.05) is 53.9 Å². The van der Waals surface area contributed by atoms with E-state index >= 15 is 0 Å². The minimum Gasteiger partial charge on any atom is -0.453 e. The fraction of sp³-hybridized carbons (Fsp3) is 0.250. The Balaban J connectivity index is 0.00000320. The zero-order chi connectivity index (χ0) is 25.0. The third-order valence-corrected chi connectivity index (χ3v) is 8.14. The van der Waals surface area contributed by atoms with Gasteiger partial charge in [0.25, 0.3) is 10.2 Å². The largest absolute Gasteiger partial charge is 0.453 e. The molecule has 5 rings (SSSR count). The number of hydrogen-bond donors (Lipinski definition) is 2. The van der Waals surface area contributed by atoms with Gasteiger partial charge >= 0.3 is 0 Å². The number of hydrogen-bond acceptors (Lipinski definition) is 10. The minimum absolute atomic E-state index is 0. The van der Waals surface area contributed by atoms with E-state index in [1.807, 2.05) is 54.6 Å². The molecule has 0 spiro atoms. The van der Waals surface area contributed by atoms with E-state index in [2.05, 4.69) is 24.6 Å². The molecule has 3 N–H and O–H groups in total. The van der Waals surface area contributed by atoms with Gasteiger partial charge in [0.2, 0.25) is 5.13 Å². The van der Waals surface area contributed by atoms with E-state index in [0.717, 1.165) is 9.92 Å². The fourth-order valence-electron chi connectivity index (χ4n) is 3.72. The van der Waals surface area contributed by atoms with Crippen LogP contribution < -0.4 is 15.2 Å². The number of nitrogens with one attached hydrogen (secondary N) is 1. The van der Waals surface area contributed by atoms with Gasteiger partial charge in [-0.25, -0.2) is 20.1 Å². The van der Waals surface area contributed by atoms with Crippen LogP contribution in [0.5, 0.6) is 11.5 Å². The standard InChI is InChI=1S/C23H23N7O3S3.CH4/c24-36(31,32)30-12-9-16(10-13-30)21-27-23(35-29-21)28-22-19(33-17-6-2-1-3-7-17)14-18(15-26-22)34-20-8-4-5-11-25-20;/h1-8,11,14-16H,9-10,12-13H2,(H2,24,31,32)(H,26,27,28,29);1H4. The lowest BCUT2D eigenvalue weighted by Gasteiger charge is -2.28. The van der Waals surface area contributed by atoms with Crippen molar-refractivity contribution in [1.82, 2.24) is 23.6 Å². The molecular formula is C24H27N7O3S3. The maximum atomic E-state index is 11.6. The van der Waals surface area contributed by atoms with Crippen LogP contribution in [0.1, 0.15) is 32.0 Å².